The molecule has 1 heterocycles. The van der Waals surface area contributed by atoms with E-state index in [1.165, 1.54) is 28.5 Å². The summed E-state index contributed by atoms with van der Waals surface area (Å²) in [5.41, 5.74) is 1.35. The highest BCUT2D eigenvalue weighted by Crippen LogP contribution is 2.26. The molecule has 1 saturated carbocycles. The maximum absolute atomic E-state index is 3.48. The van der Waals surface area contributed by atoms with Crippen LogP contribution in [-0.2, 0) is 0 Å². The molecule has 0 bridgehead atoms. The van der Waals surface area contributed by atoms with Gasteiger partial charge >= 0.3 is 0 Å². The Balaban J connectivity index is 1.72. The molecule has 0 spiro atoms. The molecule has 0 aliphatic heterocycles. The molecule has 1 N–H and O–H groups in total. The van der Waals surface area contributed by atoms with Crippen LogP contribution in [0.3, 0.4) is 0 Å². The molecule has 0 unspecified atom stereocenters. The minimum atomic E-state index is 0.795. The fourth-order valence-electron chi connectivity index (χ4n) is 1.84. The summed E-state index contributed by atoms with van der Waals surface area (Å²) in [6.45, 7) is 0.995. The van der Waals surface area contributed by atoms with Crippen molar-refractivity contribution < 1.29 is 0 Å². The van der Waals surface area contributed by atoms with Gasteiger partial charge < -0.3 is 5.32 Å². The number of nitrogens with one attached hydrogen (secondary N) is 1. The minimum absolute atomic E-state index is 0.795. The molecule has 0 radical (unpaired) electrons. The Morgan fingerprint density at radius 1 is 1.31 bits per heavy atom. The van der Waals surface area contributed by atoms with E-state index in [2.05, 4.69) is 47.1 Å². The molecule has 1 nitrogen and oxygen atoms in total. The van der Waals surface area contributed by atoms with Crippen molar-refractivity contribution in [3.8, 4) is 0 Å². The molecule has 3 rings (SSSR count). The predicted octanol–water partition coefficient (Wildman–Crippen LogP) is 3.67. The molecular weight excluding hydrogens is 214 g/mol. The van der Waals surface area contributed by atoms with Crippen molar-refractivity contribution in [3.05, 3.63) is 41.3 Å². The third kappa shape index (κ3) is 2.18. The fourth-order valence-corrected chi connectivity index (χ4v) is 2.76. The quantitative estimate of drug-likeness (QED) is 0.843. The largest absolute Gasteiger partial charge is 0.311 e. The Morgan fingerprint density at radius 3 is 3.06 bits per heavy atom. The van der Waals surface area contributed by atoms with Crippen molar-refractivity contribution in [1.29, 1.82) is 0 Å². The summed E-state index contributed by atoms with van der Waals surface area (Å²) < 4.78 is 1.37. The average Bonchev–Trinajstić information content (AvgIpc) is 3.05. The Kier molecular flexibility index (Phi) is 2.77. The van der Waals surface area contributed by atoms with E-state index in [0.29, 0.717) is 0 Å². The smallest absolute Gasteiger partial charge is 0.0348 e. The molecule has 0 amide bonds. The molecule has 1 fully saturated rings. The summed E-state index contributed by atoms with van der Waals surface area (Å²) in [6.07, 6.45) is 7.17. The number of hydrogen-bond acceptors (Lipinski definition) is 2. The van der Waals surface area contributed by atoms with Crippen LogP contribution in [-0.4, -0.2) is 12.6 Å². The molecule has 2 heteroatoms. The molecule has 1 aromatic heterocycles. The van der Waals surface area contributed by atoms with Crippen LogP contribution in [0.15, 0.2) is 35.7 Å². The lowest BCUT2D eigenvalue weighted by molar-refractivity contribution is 0.754. The van der Waals surface area contributed by atoms with Gasteiger partial charge in [-0.25, -0.2) is 0 Å². The molecule has 82 valence electrons. The molecule has 0 atom stereocenters. The lowest BCUT2D eigenvalue weighted by Crippen LogP contribution is -2.15. The van der Waals surface area contributed by atoms with Gasteiger partial charge in [-0.15, -0.1) is 11.3 Å². The first-order valence-corrected chi connectivity index (χ1v) is 6.67. The van der Waals surface area contributed by atoms with Gasteiger partial charge in [-0.2, -0.15) is 0 Å². The van der Waals surface area contributed by atoms with Crippen molar-refractivity contribution >= 4 is 27.5 Å². The van der Waals surface area contributed by atoms with Crippen LogP contribution in [0.25, 0.3) is 16.2 Å². The molecule has 1 aliphatic carbocycles. The van der Waals surface area contributed by atoms with Gasteiger partial charge in [0.2, 0.25) is 0 Å². The second-order valence-electron chi connectivity index (χ2n) is 4.27. The van der Waals surface area contributed by atoms with Crippen LogP contribution in [0.1, 0.15) is 18.4 Å². The maximum Gasteiger partial charge on any atom is 0.0348 e. The third-order valence-corrected chi connectivity index (χ3v) is 3.89. The fraction of sp³-hybridized carbons (Fsp3) is 0.286. The zero-order valence-corrected chi connectivity index (χ0v) is 9.96. The highest BCUT2D eigenvalue weighted by molar-refractivity contribution is 7.17. The molecule has 2 aromatic rings. The van der Waals surface area contributed by atoms with E-state index in [0.717, 1.165) is 12.6 Å². The molecule has 1 aromatic carbocycles. The summed E-state index contributed by atoms with van der Waals surface area (Å²) in [5, 5.41) is 7.09. The Morgan fingerprint density at radius 2 is 2.19 bits per heavy atom. The van der Waals surface area contributed by atoms with E-state index < -0.39 is 0 Å². The van der Waals surface area contributed by atoms with Crippen LogP contribution in [0.5, 0.6) is 0 Å². The van der Waals surface area contributed by atoms with E-state index in [1.54, 1.807) is 0 Å². The van der Waals surface area contributed by atoms with E-state index >= 15 is 0 Å². The number of hydrogen-bond donors (Lipinski definition) is 1. The van der Waals surface area contributed by atoms with Crippen molar-refractivity contribution in [3.63, 3.8) is 0 Å². The van der Waals surface area contributed by atoms with Crippen LogP contribution < -0.4 is 5.32 Å². The van der Waals surface area contributed by atoms with E-state index in [1.807, 2.05) is 11.3 Å². The van der Waals surface area contributed by atoms with Gasteiger partial charge in [0.25, 0.3) is 0 Å². The number of benzene rings is 1. The number of thiophene rings is 1. The summed E-state index contributed by atoms with van der Waals surface area (Å²) in [7, 11) is 0. The average molecular weight is 229 g/mol. The lowest BCUT2D eigenvalue weighted by atomic mass is 10.2. The first-order chi connectivity index (χ1) is 7.93. The summed E-state index contributed by atoms with van der Waals surface area (Å²) in [4.78, 5) is 0. The van der Waals surface area contributed by atoms with Gasteiger partial charge in [-0.3, -0.25) is 0 Å². The maximum atomic E-state index is 3.48. The second-order valence-corrected chi connectivity index (χ2v) is 5.18. The minimum Gasteiger partial charge on any atom is -0.311 e. The van der Waals surface area contributed by atoms with Crippen LogP contribution in [0.2, 0.25) is 0 Å². The van der Waals surface area contributed by atoms with Gasteiger partial charge in [0.15, 0.2) is 0 Å². The monoisotopic (exact) mass is 229 g/mol. The lowest BCUT2D eigenvalue weighted by Gasteiger charge is -1.95. The van der Waals surface area contributed by atoms with Crippen molar-refractivity contribution in [2.24, 2.45) is 0 Å². The summed E-state index contributed by atoms with van der Waals surface area (Å²) >= 11 is 1.82. The molecule has 16 heavy (non-hydrogen) atoms. The molecule has 1 aliphatic rings. The van der Waals surface area contributed by atoms with Crippen LogP contribution in [0, 0.1) is 0 Å². The van der Waals surface area contributed by atoms with Crippen molar-refractivity contribution in [2.75, 3.05) is 6.54 Å². The Labute approximate surface area is 99.8 Å². The predicted molar refractivity (Wildman–Crippen MR) is 71.9 cm³/mol. The highest BCUT2D eigenvalue weighted by atomic mass is 32.1. The number of rotatable bonds is 4. The van der Waals surface area contributed by atoms with Gasteiger partial charge in [-0.1, -0.05) is 30.4 Å². The van der Waals surface area contributed by atoms with Crippen molar-refractivity contribution in [1.82, 2.24) is 5.32 Å². The Bertz CT molecular complexity index is 508. The van der Waals surface area contributed by atoms with E-state index in [9.17, 15) is 0 Å². The second kappa shape index (κ2) is 4.40. The summed E-state index contributed by atoms with van der Waals surface area (Å²) in [5.74, 6) is 0. The zero-order chi connectivity index (χ0) is 10.8. The van der Waals surface area contributed by atoms with Gasteiger partial charge in [0.05, 0.1) is 0 Å². The van der Waals surface area contributed by atoms with Crippen LogP contribution >= 0.6 is 11.3 Å². The number of fused-ring (bicyclic) bond motifs is 1. The molecule has 0 saturated heterocycles. The van der Waals surface area contributed by atoms with Gasteiger partial charge in [0, 0.05) is 17.3 Å². The van der Waals surface area contributed by atoms with Crippen LogP contribution in [0.4, 0.5) is 0 Å². The normalized spacial score (nSPS) is 16.2. The topological polar surface area (TPSA) is 12.0 Å². The zero-order valence-electron chi connectivity index (χ0n) is 9.15. The Hall–Kier alpha value is -1.12. The third-order valence-electron chi connectivity index (χ3n) is 2.91. The van der Waals surface area contributed by atoms with E-state index in [4.69, 9.17) is 0 Å². The van der Waals surface area contributed by atoms with Gasteiger partial charge in [-0.05, 0) is 35.2 Å². The van der Waals surface area contributed by atoms with E-state index in [-0.39, 0.29) is 0 Å². The first-order valence-electron chi connectivity index (χ1n) is 5.79. The highest BCUT2D eigenvalue weighted by Gasteiger charge is 2.18. The van der Waals surface area contributed by atoms with Gasteiger partial charge in [0.1, 0.15) is 0 Å². The molecular formula is C14H15NS. The SMILES string of the molecule is C(=Cc1csc2ccccc12)CNC1CC1. The van der Waals surface area contributed by atoms with Crippen molar-refractivity contribution in [2.45, 2.75) is 18.9 Å². The summed E-state index contributed by atoms with van der Waals surface area (Å²) in [6, 6.07) is 9.37. The standard InChI is InChI=1S/C14H15NS/c1-2-6-14-13(5-1)11(10-16-14)4-3-9-15-12-7-8-12/h1-6,10,12,15H,7-9H2. The first kappa shape index (κ1) is 10.1.